The van der Waals surface area contributed by atoms with Gasteiger partial charge < -0.3 is 40.4 Å². The number of hydrogen-bond acceptors (Lipinski definition) is 9. The van der Waals surface area contributed by atoms with E-state index >= 15 is 0 Å². The summed E-state index contributed by atoms with van der Waals surface area (Å²) >= 11 is 0. The number of amides is 3. The third kappa shape index (κ3) is 21.5. The van der Waals surface area contributed by atoms with Gasteiger partial charge in [0.25, 0.3) is 0 Å². The fourth-order valence-electron chi connectivity index (χ4n) is 4.41. The fraction of sp³-hybridized carbons (Fsp3) is 0.733. The van der Waals surface area contributed by atoms with Crippen molar-refractivity contribution >= 4 is 46.6 Å². The summed E-state index contributed by atoms with van der Waals surface area (Å²) in [6.45, 7) is 7.14. The first kappa shape index (κ1) is 38.7. The maximum Gasteiger partial charge on any atom is 0.222 e. The summed E-state index contributed by atoms with van der Waals surface area (Å²) in [7, 11) is 1.70. The summed E-state index contributed by atoms with van der Waals surface area (Å²) in [6.07, 6.45) is 1.97. The molecule has 12 heteroatoms. The summed E-state index contributed by atoms with van der Waals surface area (Å²) in [5.74, 6) is -1.59. The van der Waals surface area contributed by atoms with Gasteiger partial charge in [-0.15, -0.1) is 0 Å². The largest absolute Gasteiger partial charge is 0.353 e. The molecular weight excluding hydrogens is 544 g/mol. The average molecular weight is 595 g/mol. The van der Waals surface area contributed by atoms with Gasteiger partial charge in [0, 0.05) is 75.5 Å². The molecule has 0 saturated heterocycles. The van der Waals surface area contributed by atoms with Crippen molar-refractivity contribution in [2.45, 2.75) is 136 Å². The molecule has 0 fully saturated rings. The van der Waals surface area contributed by atoms with E-state index < -0.39 is 29.9 Å². The van der Waals surface area contributed by atoms with Gasteiger partial charge in [-0.1, -0.05) is 0 Å². The number of Topliss-reactive ketones (excluding diaryl/α,β-unsaturated/α-hetero) is 5. The minimum Gasteiger partial charge on any atom is -0.353 e. The quantitative estimate of drug-likeness (QED) is 0.129. The molecule has 0 aromatic carbocycles. The van der Waals surface area contributed by atoms with E-state index in [1.165, 1.54) is 34.6 Å². The number of ketones is 5. The minimum atomic E-state index is -0.684. The van der Waals surface area contributed by atoms with Crippen molar-refractivity contribution in [3.8, 4) is 0 Å². The summed E-state index contributed by atoms with van der Waals surface area (Å²) in [5.41, 5.74) is 0. The van der Waals surface area contributed by atoms with Crippen LogP contribution in [-0.2, 0) is 38.4 Å². The third-order valence-electron chi connectivity index (χ3n) is 6.71. The van der Waals surface area contributed by atoms with Crippen molar-refractivity contribution in [2.75, 3.05) is 7.05 Å². The number of hydrogen-bond donors (Lipinski definition) is 4. The maximum atomic E-state index is 13.0. The van der Waals surface area contributed by atoms with Gasteiger partial charge in [-0.05, 0) is 67.3 Å². The average Bonchev–Trinajstić information content (AvgIpc) is 2.86. The molecule has 0 rings (SSSR count). The van der Waals surface area contributed by atoms with Crippen LogP contribution in [0.1, 0.15) is 112 Å². The van der Waals surface area contributed by atoms with Gasteiger partial charge in [0.2, 0.25) is 17.7 Å². The third-order valence-corrected chi connectivity index (χ3v) is 6.71. The highest BCUT2D eigenvalue weighted by atomic mass is 16.2. The van der Waals surface area contributed by atoms with Crippen LogP contribution in [-0.4, -0.2) is 77.9 Å². The molecule has 4 N–H and O–H groups in total. The Balaban J connectivity index is 5.40. The van der Waals surface area contributed by atoms with Crippen LogP contribution >= 0.6 is 0 Å². The van der Waals surface area contributed by atoms with Crippen molar-refractivity contribution in [1.82, 2.24) is 21.3 Å². The molecule has 12 nitrogen and oxygen atoms in total. The fourth-order valence-corrected chi connectivity index (χ4v) is 4.41. The second kappa shape index (κ2) is 21.4. The Morgan fingerprint density at radius 2 is 0.667 bits per heavy atom. The van der Waals surface area contributed by atoms with E-state index in [-0.39, 0.29) is 98.7 Å². The second-order valence-corrected chi connectivity index (χ2v) is 11.3. The van der Waals surface area contributed by atoms with Gasteiger partial charge in [0.1, 0.15) is 28.9 Å². The van der Waals surface area contributed by atoms with E-state index in [9.17, 15) is 38.4 Å². The Hall–Kier alpha value is -3.28. The van der Waals surface area contributed by atoms with E-state index in [1.807, 2.05) is 0 Å². The Kier molecular flexibility index (Phi) is 19.8. The Morgan fingerprint density at radius 1 is 0.405 bits per heavy atom. The van der Waals surface area contributed by atoms with Crippen molar-refractivity contribution in [3.63, 3.8) is 0 Å². The van der Waals surface area contributed by atoms with E-state index in [0.717, 1.165) is 0 Å². The Labute approximate surface area is 249 Å². The zero-order valence-electron chi connectivity index (χ0n) is 26.1. The summed E-state index contributed by atoms with van der Waals surface area (Å²) in [6, 6.07) is -2.07. The van der Waals surface area contributed by atoms with Crippen LogP contribution in [0.25, 0.3) is 0 Å². The zero-order valence-corrected chi connectivity index (χ0v) is 26.1. The van der Waals surface area contributed by atoms with Crippen molar-refractivity contribution in [2.24, 2.45) is 0 Å². The van der Waals surface area contributed by atoms with Gasteiger partial charge in [0.05, 0.1) is 0 Å². The lowest BCUT2D eigenvalue weighted by atomic mass is 10.0. The molecule has 0 spiro atoms. The van der Waals surface area contributed by atoms with E-state index in [1.54, 1.807) is 7.05 Å². The predicted molar refractivity (Wildman–Crippen MR) is 157 cm³/mol. The number of carbonyl (C=O) groups excluding carboxylic acids is 8. The number of rotatable bonds is 24. The van der Waals surface area contributed by atoms with Crippen molar-refractivity contribution in [1.29, 1.82) is 0 Å². The molecule has 4 atom stereocenters. The number of nitrogens with one attached hydrogen (secondary N) is 4. The van der Waals surface area contributed by atoms with Crippen LogP contribution in [0.2, 0.25) is 0 Å². The topological polar surface area (TPSA) is 185 Å². The Bertz CT molecular complexity index is 965. The molecule has 42 heavy (non-hydrogen) atoms. The lowest BCUT2D eigenvalue weighted by Crippen LogP contribution is -2.45. The van der Waals surface area contributed by atoms with E-state index in [0.29, 0.717) is 19.3 Å². The van der Waals surface area contributed by atoms with Gasteiger partial charge >= 0.3 is 0 Å². The normalized spacial score (nSPS) is 13.7. The molecule has 0 aromatic rings. The molecule has 0 aromatic heterocycles. The smallest absolute Gasteiger partial charge is 0.222 e. The van der Waals surface area contributed by atoms with E-state index in [2.05, 4.69) is 21.3 Å². The molecule has 0 bridgehead atoms. The molecule has 0 aliphatic carbocycles. The van der Waals surface area contributed by atoms with Crippen molar-refractivity contribution < 1.29 is 38.4 Å². The minimum absolute atomic E-state index is 0.0186. The molecule has 3 amide bonds. The van der Waals surface area contributed by atoms with Crippen LogP contribution in [0, 0.1) is 0 Å². The van der Waals surface area contributed by atoms with Gasteiger partial charge in [-0.25, -0.2) is 0 Å². The van der Waals surface area contributed by atoms with Crippen molar-refractivity contribution in [3.05, 3.63) is 0 Å². The molecular formula is C30H50N4O8. The predicted octanol–water partition coefficient (Wildman–Crippen LogP) is 1.66. The lowest BCUT2D eigenvalue weighted by molar-refractivity contribution is -0.126. The van der Waals surface area contributed by atoms with Gasteiger partial charge in [-0.3, -0.25) is 19.2 Å². The maximum absolute atomic E-state index is 13.0. The first-order chi connectivity index (χ1) is 19.6. The highest BCUT2D eigenvalue weighted by Gasteiger charge is 2.24. The SMILES string of the molecule is CNC(CCC(C)=O)CC(=O)NC(CCC(C)=O)CC(=O)NC(CCC(C)=O)CC(=O)NC(CCC(C)=O)CC(C)=O. The second-order valence-electron chi connectivity index (χ2n) is 11.3. The molecule has 0 aliphatic rings. The molecule has 0 saturated carbocycles. The summed E-state index contributed by atoms with van der Waals surface area (Å²) < 4.78 is 0. The molecule has 4 unspecified atom stereocenters. The van der Waals surface area contributed by atoms with Crippen LogP contribution in [0.4, 0.5) is 0 Å². The lowest BCUT2D eigenvalue weighted by Gasteiger charge is -2.24. The van der Waals surface area contributed by atoms with Crippen LogP contribution in [0.5, 0.6) is 0 Å². The molecule has 0 radical (unpaired) electrons. The molecule has 238 valence electrons. The first-order valence-electron chi connectivity index (χ1n) is 14.6. The summed E-state index contributed by atoms with van der Waals surface area (Å²) in [5, 5.41) is 11.4. The molecule has 0 heterocycles. The van der Waals surface area contributed by atoms with Gasteiger partial charge in [0.15, 0.2) is 0 Å². The first-order valence-corrected chi connectivity index (χ1v) is 14.6. The van der Waals surface area contributed by atoms with Crippen LogP contribution in [0.15, 0.2) is 0 Å². The monoisotopic (exact) mass is 594 g/mol. The van der Waals surface area contributed by atoms with E-state index in [4.69, 9.17) is 0 Å². The summed E-state index contributed by atoms with van der Waals surface area (Å²) in [4.78, 5) is 96.1. The molecule has 0 aliphatic heterocycles. The Morgan fingerprint density at radius 3 is 0.929 bits per heavy atom. The van der Waals surface area contributed by atoms with Crippen LogP contribution in [0.3, 0.4) is 0 Å². The zero-order chi connectivity index (χ0) is 32.2. The number of carbonyl (C=O) groups is 8. The highest BCUT2D eigenvalue weighted by molar-refractivity contribution is 5.83. The standard InChI is InChI=1S/C30H50N4O8/c1-19(35)7-11-24(31-6)16-28(40)33-26(13-9-21(3)37)18-30(42)34-27(14-10-22(4)38)17-29(41)32-25(15-23(5)39)12-8-20(2)36/h24-27,31H,7-18H2,1-6H3,(H,32,41)(H,33,40)(H,34,42). The highest BCUT2D eigenvalue weighted by Crippen LogP contribution is 2.11. The van der Waals surface area contributed by atoms with Crippen LogP contribution < -0.4 is 21.3 Å². The van der Waals surface area contributed by atoms with Gasteiger partial charge in [-0.2, -0.15) is 0 Å².